The molecule has 6 heteroatoms. The highest BCUT2D eigenvalue weighted by atomic mass is 19.4. The summed E-state index contributed by atoms with van der Waals surface area (Å²) in [6.07, 6.45) is -1.77. The predicted molar refractivity (Wildman–Crippen MR) is 90.0 cm³/mol. The van der Waals surface area contributed by atoms with Gasteiger partial charge < -0.3 is 10.2 Å². The van der Waals surface area contributed by atoms with Crippen LogP contribution in [-0.4, -0.2) is 37.0 Å². The number of amides is 1. The minimum atomic E-state index is -4.32. The Morgan fingerprint density at radius 3 is 2.24 bits per heavy atom. The molecule has 0 saturated carbocycles. The molecule has 3 nitrogen and oxygen atoms in total. The summed E-state index contributed by atoms with van der Waals surface area (Å²) in [7, 11) is 0. The van der Waals surface area contributed by atoms with Gasteiger partial charge in [-0.25, -0.2) is 0 Å². The zero-order chi connectivity index (χ0) is 18.0. The van der Waals surface area contributed by atoms with Crippen molar-refractivity contribution in [3.8, 4) is 0 Å². The summed E-state index contributed by atoms with van der Waals surface area (Å²) < 4.78 is 37.9. The topological polar surface area (TPSA) is 32.3 Å². The van der Waals surface area contributed by atoms with E-state index in [1.54, 1.807) is 0 Å². The molecule has 2 saturated heterocycles. The van der Waals surface area contributed by atoms with Crippen molar-refractivity contribution in [3.05, 3.63) is 35.4 Å². The van der Waals surface area contributed by atoms with Gasteiger partial charge in [0.1, 0.15) is 0 Å². The number of rotatable bonds is 3. The summed E-state index contributed by atoms with van der Waals surface area (Å²) in [5.41, 5.74) is 0.118. The third-order valence-corrected chi connectivity index (χ3v) is 5.58. The van der Waals surface area contributed by atoms with Gasteiger partial charge in [0.25, 0.3) is 0 Å². The quantitative estimate of drug-likeness (QED) is 0.903. The van der Waals surface area contributed by atoms with E-state index in [1.165, 1.54) is 12.1 Å². The number of benzene rings is 1. The maximum Gasteiger partial charge on any atom is 0.416 e. The molecule has 0 spiro atoms. The number of likely N-dealkylation sites (tertiary alicyclic amines) is 1. The Hall–Kier alpha value is -1.56. The molecule has 0 aliphatic carbocycles. The lowest BCUT2D eigenvalue weighted by Crippen LogP contribution is -2.37. The van der Waals surface area contributed by atoms with Crippen molar-refractivity contribution in [1.82, 2.24) is 10.2 Å². The van der Waals surface area contributed by atoms with Crippen LogP contribution in [0.5, 0.6) is 0 Å². The molecule has 0 aromatic heterocycles. The van der Waals surface area contributed by atoms with Gasteiger partial charge in [-0.1, -0.05) is 19.1 Å². The van der Waals surface area contributed by atoms with Gasteiger partial charge in [0.05, 0.1) is 5.56 Å². The van der Waals surface area contributed by atoms with E-state index in [2.05, 4.69) is 5.32 Å². The van der Waals surface area contributed by atoms with Crippen LogP contribution in [0.3, 0.4) is 0 Å². The Labute approximate surface area is 146 Å². The number of hydrogen-bond donors (Lipinski definition) is 1. The molecule has 0 radical (unpaired) electrons. The van der Waals surface area contributed by atoms with E-state index in [-0.39, 0.29) is 11.8 Å². The molecule has 2 aliphatic heterocycles. The maximum atomic E-state index is 12.7. The smallest absolute Gasteiger partial charge is 0.342 e. The summed E-state index contributed by atoms with van der Waals surface area (Å²) in [5, 5.41) is 3.42. The number of carbonyl (C=O) groups excluding carboxylic acids is 1. The van der Waals surface area contributed by atoms with Gasteiger partial charge in [-0.05, 0) is 61.9 Å². The minimum absolute atomic E-state index is 0.118. The Bertz CT molecular complexity index is 586. The van der Waals surface area contributed by atoms with E-state index in [0.29, 0.717) is 18.3 Å². The molecule has 1 aromatic carbocycles. The number of nitrogens with one attached hydrogen (secondary N) is 1. The summed E-state index contributed by atoms with van der Waals surface area (Å²) in [6, 6.07) is 5.13. The average Bonchev–Trinajstić information content (AvgIpc) is 2.92. The first-order valence-electron chi connectivity index (χ1n) is 9.00. The first kappa shape index (κ1) is 18.2. The second-order valence-electron chi connectivity index (χ2n) is 7.38. The average molecular weight is 354 g/mol. The van der Waals surface area contributed by atoms with Crippen LogP contribution in [-0.2, 0) is 17.4 Å². The van der Waals surface area contributed by atoms with Crippen LogP contribution in [0, 0.1) is 17.8 Å². The summed E-state index contributed by atoms with van der Waals surface area (Å²) in [6.45, 7) is 5.55. The number of hydrogen-bond acceptors (Lipinski definition) is 2. The Kier molecular flexibility index (Phi) is 5.37. The van der Waals surface area contributed by atoms with E-state index < -0.39 is 11.7 Å². The molecule has 3 atom stereocenters. The fourth-order valence-corrected chi connectivity index (χ4v) is 4.02. The molecule has 2 heterocycles. The summed E-state index contributed by atoms with van der Waals surface area (Å²) >= 11 is 0. The second kappa shape index (κ2) is 7.36. The van der Waals surface area contributed by atoms with Crippen molar-refractivity contribution < 1.29 is 18.0 Å². The van der Waals surface area contributed by atoms with Crippen molar-refractivity contribution in [2.75, 3.05) is 26.2 Å². The fourth-order valence-electron chi connectivity index (χ4n) is 4.02. The highest BCUT2D eigenvalue weighted by molar-refractivity contribution is 5.78. The van der Waals surface area contributed by atoms with Gasteiger partial charge in [-0.15, -0.1) is 0 Å². The first-order valence-corrected chi connectivity index (χ1v) is 9.00. The molecule has 1 N–H and O–H groups in total. The summed E-state index contributed by atoms with van der Waals surface area (Å²) in [5.74, 6) is 1.24. The molecule has 1 aromatic rings. The third kappa shape index (κ3) is 4.35. The lowest BCUT2D eigenvalue weighted by atomic mass is 9.92. The lowest BCUT2D eigenvalue weighted by Gasteiger charge is -2.24. The molecule has 2 aliphatic rings. The van der Waals surface area contributed by atoms with E-state index in [1.807, 2.05) is 11.8 Å². The highest BCUT2D eigenvalue weighted by Gasteiger charge is 2.33. The van der Waals surface area contributed by atoms with Crippen molar-refractivity contribution >= 4 is 5.91 Å². The largest absolute Gasteiger partial charge is 0.416 e. The standard InChI is InChI=1S/C19H25F3N2O/c1-13(10-14-2-4-17(5-3-14)19(20,21)22)18(25)24-8-6-15-11-23-12-16(15)7-9-24/h2-5,13,15-16,23H,6-12H2,1H3/t13?,15-,16+. The van der Waals surface area contributed by atoms with Crippen molar-refractivity contribution in [2.24, 2.45) is 17.8 Å². The molecule has 25 heavy (non-hydrogen) atoms. The zero-order valence-electron chi connectivity index (χ0n) is 14.5. The lowest BCUT2D eigenvalue weighted by molar-refractivity contribution is -0.137. The van der Waals surface area contributed by atoms with Gasteiger partial charge >= 0.3 is 6.18 Å². The number of halogens is 3. The van der Waals surface area contributed by atoms with Gasteiger partial charge in [-0.2, -0.15) is 13.2 Å². The number of fused-ring (bicyclic) bond motifs is 1. The Morgan fingerprint density at radius 1 is 1.16 bits per heavy atom. The van der Waals surface area contributed by atoms with Gasteiger partial charge in [-0.3, -0.25) is 4.79 Å². The number of alkyl halides is 3. The molecule has 1 unspecified atom stereocenters. The second-order valence-corrected chi connectivity index (χ2v) is 7.38. The van der Waals surface area contributed by atoms with Gasteiger partial charge in [0.15, 0.2) is 0 Å². The van der Waals surface area contributed by atoms with Gasteiger partial charge in [0, 0.05) is 19.0 Å². The van der Waals surface area contributed by atoms with Gasteiger partial charge in [0.2, 0.25) is 5.91 Å². The van der Waals surface area contributed by atoms with Crippen LogP contribution in [0.15, 0.2) is 24.3 Å². The van der Waals surface area contributed by atoms with Crippen LogP contribution in [0.4, 0.5) is 13.2 Å². The number of carbonyl (C=O) groups is 1. The first-order chi connectivity index (χ1) is 11.8. The Morgan fingerprint density at radius 2 is 1.72 bits per heavy atom. The van der Waals surface area contributed by atoms with E-state index >= 15 is 0 Å². The van der Waals surface area contributed by atoms with E-state index in [4.69, 9.17) is 0 Å². The van der Waals surface area contributed by atoms with Crippen molar-refractivity contribution in [1.29, 1.82) is 0 Å². The molecule has 3 rings (SSSR count). The summed E-state index contributed by atoms with van der Waals surface area (Å²) in [4.78, 5) is 14.7. The van der Waals surface area contributed by atoms with E-state index in [0.717, 1.165) is 56.7 Å². The zero-order valence-corrected chi connectivity index (χ0v) is 14.5. The van der Waals surface area contributed by atoms with Crippen LogP contribution in [0.1, 0.15) is 30.9 Å². The minimum Gasteiger partial charge on any atom is -0.342 e. The molecule has 1 amide bonds. The normalized spacial score (nSPS) is 25.4. The van der Waals surface area contributed by atoms with Crippen LogP contribution >= 0.6 is 0 Å². The molecule has 2 fully saturated rings. The monoisotopic (exact) mass is 354 g/mol. The van der Waals surface area contributed by atoms with E-state index in [9.17, 15) is 18.0 Å². The maximum absolute atomic E-state index is 12.7. The van der Waals surface area contributed by atoms with Crippen LogP contribution in [0.2, 0.25) is 0 Å². The molecular weight excluding hydrogens is 329 g/mol. The van der Waals surface area contributed by atoms with Crippen molar-refractivity contribution in [2.45, 2.75) is 32.4 Å². The van der Waals surface area contributed by atoms with Crippen molar-refractivity contribution in [3.63, 3.8) is 0 Å². The third-order valence-electron chi connectivity index (χ3n) is 5.58. The SMILES string of the molecule is CC(Cc1ccc(C(F)(F)F)cc1)C(=O)N1CC[C@@H]2CNC[C@@H]2CC1. The van der Waals surface area contributed by atoms with Crippen LogP contribution in [0.25, 0.3) is 0 Å². The fraction of sp³-hybridized carbons (Fsp3) is 0.632. The molecule has 138 valence electrons. The predicted octanol–water partition coefficient (Wildman–Crippen LogP) is 3.34. The highest BCUT2D eigenvalue weighted by Crippen LogP contribution is 2.30. The molecular formula is C19H25F3N2O. The number of nitrogens with zero attached hydrogens (tertiary/aromatic N) is 1. The Balaban J connectivity index is 1.57. The molecule has 0 bridgehead atoms. The van der Waals surface area contributed by atoms with Crippen LogP contribution < -0.4 is 5.32 Å².